The molecule has 0 aliphatic rings. The molecule has 0 fully saturated rings. The Morgan fingerprint density at radius 1 is 1.41 bits per heavy atom. The van der Waals surface area contributed by atoms with Crippen LogP contribution >= 0.6 is 0 Å². The lowest BCUT2D eigenvalue weighted by Gasteiger charge is -2.02. The highest BCUT2D eigenvalue weighted by atomic mass is 19.1. The van der Waals surface area contributed by atoms with E-state index >= 15 is 0 Å². The van der Waals surface area contributed by atoms with E-state index < -0.39 is 17.5 Å². The van der Waals surface area contributed by atoms with Gasteiger partial charge in [0.15, 0.2) is 5.69 Å². The van der Waals surface area contributed by atoms with E-state index in [9.17, 15) is 13.6 Å². The zero-order valence-electron chi connectivity index (χ0n) is 8.60. The average Bonchev–Trinajstić information content (AvgIpc) is 2.71. The van der Waals surface area contributed by atoms with Gasteiger partial charge in [-0.1, -0.05) is 11.3 Å². The summed E-state index contributed by atoms with van der Waals surface area (Å²) < 4.78 is 27.2. The summed E-state index contributed by atoms with van der Waals surface area (Å²) in [5.41, 5.74) is 5.23. The molecule has 0 saturated carbocycles. The molecule has 5 nitrogen and oxygen atoms in total. The van der Waals surface area contributed by atoms with Crippen molar-refractivity contribution in [2.45, 2.75) is 6.54 Å². The van der Waals surface area contributed by atoms with Crippen molar-refractivity contribution in [1.29, 1.82) is 0 Å². The van der Waals surface area contributed by atoms with Crippen molar-refractivity contribution in [3.63, 3.8) is 0 Å². The number of nitrogens with zero attached hydrogens (tertiary/aromatic N) is 3. The third kappa shape index (κ3) is 2.44. The van der Waals surface area contributed by atoms with Gasteiger partial charge in [0.05, 0.1) is 12.7 Å². The molecule has 2 N–H and O–H groups in total. The van der Waals surface area contributed by atoms with Gasteiger partial charge in [0.2, 0.25) is 0 Å². The third-order valence-corrected chi connectivity index (χ3v) is 2.14. The average molecular weight is 238 g/mol. The van der Waals surface area contributed by atoms with Crippen molar-refractivity contribution in [1.82, 2.24) is 15.0 Å². The quantitative estimate of drug-likeness (QED) is 0.855. The highest BCUT2D eigenvalue weighted by Crippen LogP contribution is 2.10. The molecule has 0 bridgehead atoms. The number of halogens is 2. The van der Waals surface area contributed by atoms with Gasteiger partial charge in [0.1, 0.15) is 11.6 Å². The minimum Gasteiger partial charge on any atom is -0.364 e. The molecule has 0 saturated heterocycles. The molecule has 0 spiro atoms. The summed E-state index contributed by atoms with van der Waals surface area (Å²) in [5, 5.41) is 7.10. The van der Waals surface area contributed by atoms with Crippen LogP contribution in [0.1, 0.15) is 16.1 Å². The van der Waals surface area contributed by atoms with Crippen LogP contribution in [0.15, 0.2) is 24.4 Å². The molecule has 0 aliphatic carbocycles. The van der Waals surface area contributed by atoms with Crippen molar-refractivity contribution < 1.29 is 13.6 Å². The fourth-order valence-corrected chi connectivity index (χ4v) is 1.31. The fourth-order valence-electron chi connectivity index (χ4n) is 1.31. The van der Waals surface area contributed by atoms with E-state index in [1.807, 2.05) is 0 Å². The van der Waals surface area contributed by atoms with Gasteiger partial charge in [-0.15, -0.1) is 5.10 Å². The van der Waals surface area contributed by atoms with Crippen LogP contribution in [0.3, 0.4) is 0 Å². The van der Waals surface area contributed by atoms with Crippen LogP contribution in [0.25, 0.3) is 0 Å². The normalized spacial score (nSPS) is 10.5. The summed E-state index contributed by atoms with van der Waals surface area (Å²) in [6, 6.07) is 3.22. The molecule has 17 heavy (non-hydrogen) atoms. The topological polar surface area (TPSA) is 73.8 Å². The van der Waals surface area contributed by atoms with E-state index in [0.29, 0.717) is 0 Å². The molecule has 0 atom stereocenters. The Morgan fingerprint density at radius 3 is 2.76 bits per heavy atom. The summed E-state index contributed by atoms with van der Waals surface area (Å²) in [7, 11) is 0. The molecule has 0 aliphatic heterocycles. The van der Waals surface area contributed by atoms with Gasteiger partial charge in [-0.25, -0.2) is 13.5 Å². The molecular weight excluding hydrogens is 230 g/mol. The van der Waals surface area contributed by atoms with Gasteiger partial charge in [-0.2, -0.15) is 0 Å². The number of primary amides is 1. The highest BCUT2D eigenvalue weighted by molar-refractivity contribution is 5.90. The van der Waals surface area contributed by atoms with Crippen molar-refractivity contribution in [3.05, 3.63) is 47.3 Å². The largest absolute Gasteiger partial charge is 0.364 e. The second-order valence-electron chi connectivity index (χ2n) is 3.40. The Balaban J connectivity index is 2.22. The first-order valence-electron chi connectivity index (χ1n) is 4.70. The molecule has 0 radical (unpaired) electrons. The van der Waals surface area contributed by atoms with Crippen molar-refractivity contribution in [2.75, 3.05) is 0 Å². The molecule has 1 heterocycles. The summed E-state index contributed by atoms with van der Waals surface area (Å²) in [5.74, 6) is -2.04. The Bertz CT molecular complexity index is 567. The van der Waals surface area contributed by atoms with Crippen molar-refractivity contribution >= 4 is 5.91 Å². The number of carbonyl (C=O) groups excluding carboxylic acids is 1. The maximum atomic E-state index is 13.3. The predicted molar refractivity (Wildman–Crippen MR) is 54.0 cm³/mol. The SMILES string of the molecule is NC(=O)c1cn(Cc2ccc(F)cc2F)nn1. The first-order chi connectivity index (χ1) is 8.06. The Labute approximate surface area is 94.8 Å². The molecule has 1 aromatic carbocycles. The molecule has 0 unspecified atom stereocenters. The maximum Gasteiger partial charge on any atom is 0.270 e. The highest BCUT2D eigenvalue weighted by Gasteiger charge is 2.09. The van der Waals surface area contributed by atoms with Crippen LogP contribution in [0.4, 0.5) is 8.78 Å². The van der Waals surface area contributed by atoms with E-state index in [1.54, 1.807) is 0 Å². The molecule has 1 aromatic heterocycles. The smallest absolute Gasteiger partial charge is 0.270 e. The van der Waals surface area contributed by atoms with E-state index in [4.69, 9.17) is 5.73 Å². The lowest BCUT2D eigenvalue weighted by Crippen LogP contribution is -2.11. The van der Waals surface area contributed by atoms with Gasteiger partial charge in [-0.05, 0) is 6.07 Å². The Kier molecular flexibility index (Phi) is 2.82. The number of hydrogen-bond donors (Lipinski definition) is 1. The van der Waals surface area contributed by atoms with Crippen LogP contribution in [-0.2, 0) is 6.54 Å². The van der Waals surface area contributed by atoms with Crippen molar-refractivity contribution in [2.24, 2.45) is 5.73 Å². The number of rotatable bonds is 3. The van der Waals surface area contributed by atoms with Crippen LogP contribution in [0.2, 0.25) is 0 Å². The summed E-state index contributed by atoms with van der Waals surface area (Å²) >= 11 is 0. The van der Waals surface area contributed by atoms with Crippen LogP contribution in [0, 0.1) is 11.6 Å². The monoisotopic (exact) mass is 238 g/mol. The number of carbonyl (C=O) groups is 1. The van der Waals surface area contributed by atoms with Crippen LogP contribution in [0.5, 0.6) is 0 Å². The van der Waals surface area contributed by atoms with Gasteiger partial charge in [-0.3, -0.25) is 4.79 Å². The number of aromatic nitrogens is 3. The number of nitrogens with two attached hydrogens (primary N) is 1. The van der Waals surface area contributed by atoms with E-state index in [0.717, 1.165) is 12.1 Å². The fraction of sp³-hybridized carbons (Fsp3) is 0.100. The van der Waals surface area contributed by atoms with Gasteiger partial charge >= 0.3 is 0 Å². The van der Waals surface area contributed by atoms with Gasteiger partial charge in [0.25, 0.3) is 5.91 Å². The number of benzene rings is 1. The minimum absolute atomic E-state index is 0.00693. The molecule has 7 heteroatoms. The summed E-state index contributed by atoms with van der Waals surface area (Å²) in [6.07, 6.45) is 1.30. The maximum absolute atomic E-state index is 13.3. The number of hydrogen-bond acceptors (Lipinski definition) is 3. The van der Waals surface area contributed by atoms with Gasteiger partial charge in [0, 0.05) is 11.6 Å². The van der Waals surface area contributed by atoms with Crippen molar-refractivity contribution in [3.8, 4) is 0 Å². The second-order valence-corrected chi connectivity index (χ2v) is 3.40. The number of amides is 1. The molecule has 88 valence electrons. The second kappa shape index (κ2) is 4.28. The van der Waals surface area contributed by atoms with E-state index in [-0.39, 0.29) is 17.8 Å². The van der Waals surface area contributed by atoms with E-state index in [2.05, 4.69) is 10.3 Å². The Hall–Kier alpha value is -2.31. The standard InChI is InChI=1S/C10H8F2N4O/c11-7-2-1-6(8(12)3-7)4-16-5-9(10(13)17)14-15-16/h1-3,5H,4H2,(H2,13,17). The zero-order valence-corrected chi connectivity index (χ0v) is 8.60. The minimum atomic E-state index is -0.712. The molecule has 1 amide bonds. The van der Waals surface area contributed by atoms with Crippen LogP contribution in [-0.4, -0.2) is 20.9 Å². The lowest BCUT2D eigenvalue weighted by molar-refractivity contribution is 0.0995. The predicted octanol–water partition coefficient (Wildman–Crippen LogP) is 0.704. The Morgan fingerprint density at radius 2 is 2.18 bits per heavy atom. The third-order valence-electron chi connectivity index (χ3n) is 2.14. The molecule has 2 rings (SSSR count). The summed E-state index contributed by atoms with van der Waals surface area (Å²) in [6.45, 7) is 0.0480. The molecular formula is C10H8F2N4O. The van der Waals surface area contributed by atoms with Gasteiger partial charge < -0.3 is 5.73 Å². The first kappa shape index (κ1) is 11.2. The lowest BCUT2D eigenvalue weighted by atomic mass is 10.2. The first-order valence-corrected chi connectivity index (χ1v) is 4.70. The van der Waals surface area contributed by atoms with E-state index in [1.165, 1.54) is 16.9 Å². The van der Waals surface area contributed by atoms with Crippen LogP contribution < -0.4 is 5.73 Å². The zero-order chi connectivity index (χ0) is 12.4. The summed E-state index contributed by atoms with van der Waals surface area (Å²) in [4.78, 5) is 10.8. The molecule has 2 aromatic rings.